The van der Waals surface area contributed by atoms with E-state index < -0.39 is 6.04 Å². The minimum atomic E-state index is -0.681. The van der Waals surface area contributed by atoms with Gasteiger partial charge in [0.2, 0.25) is 0 Å². The lowest BCUT2D eigenvalue weighted by molar-refractivity contribution is 0.356. The molecule has 1 rings (SSSR count). The number of hydrogen-bond acceptors (Lipinski definition) is 4. The van der Waals surface area contributed by atoms with Crippen molar-refractivity contribution in [2.45, 2.75) is 6.04 Å². The monoisotopic (exact) mass is 173 g/mol. The lowest BCUT2D eigenvalue weighted by Crippen LogP contribution is -2.02. The minimum absolute atomic E-state index is 0.0859. The van der Waals surface area contributed by atoms with Crippen LogP contribution >= 0.6 is 0 Å². The third kappa shape index (κ3) is 1.59. The molecule has 6 heteroatoms. The third-order valence-corrected chi connectivity index (χ3v) is 1.37. The molecular formula is C7H3N5O. The Bertz CT molecular complexity index is 386. The summed E-state index contributed by atoms with van der Waals surface area (Å²) in [4.78, 5) is 2.56. The van der Waals surface area contributed by atoms with Crippen LogP contribution in [0, 0.1) is 22.7 Å². The van der Waals surface area contributed by atoms with E-state index in [0.717, 1.165) is 0 Å². The fourth-order valence-corrected chi connectivity index (χ4v) is 0.833. The zero-order valence-electron chi connectivity index (χ0n) is 6.38. The number of rotatable bonds is 1. The van der Waals surface area contributed by atoms with Gasteiger partial charge in [0.05, 0.1) is 6.26 Å². The molecule has 0 N–H and O–H groups in total. The quantitative estimate of drug-likeness (QED) is 0.259. The smallest absolute Gasteiger partial charge is 0.168 e. The Morgan fingerprint density at radius 2 is 2.31 bits per heavy atom. The van der Waals surface area contributed by atoms with E-state index >= 15 is 0 Å². The molecule has 1 heterocycles. The van der Waals surface area contributed by atoms with Gasteiger partial charge in [0, 0.05) is 4.91 Å². The van der Waals surface area contributed by atoms with Crippen LogP contribution in [0.2, 0.25) is 0 Å². The maximum Gasteiger partial charge on any atom is 0.168 e. The molecule has 0 aromatic carbocycles. The Morgan fingerprint density at radius 1 is 1.62 bits per heavy atom. The predicted octanol–water partition coefficient (Wildman–Crippen LogP) is 1.51. The van der Waals surface area contributed by atoms with E-state index in [1.807, 2.05) is 0 Å². The second-order valence-corrected chi connectivity index (χ2v) is 2.06. The molecule has 0 saturated carbocycles. The fourth-order valence-electron chi connectivity index (χ4n) is 0.833. The zero-order valence-corrected chi connectivity index (χ0v) is 6.38. The lowest BCUT2D eigenvalue weighted by Gasteiger charge is -2.01. The third-order valence-electron chi connectivity index (χ3n) is 1.37. The van der Waals surface area contributed by atoms with Gasteiger partial charge in [-0.25, -0.2) is 0 Å². The Hall–Kier alpha value is -2.43. The minimum Gasteiger partial charge on any atom is -0.467 e. The van der Waals surface area contributed by atoms with Crippen LogP contribution in [-0.4, -0.2) is 6.04 Å². The first-order valence-corrected chi connectivity index (χ1v) is 3.25. The predicted molar refractivity (Wildman–Crippen MR) is 41.4 cm³/mol. The highest BCUT2D eigenvalue weighted by Crippen LogP contribution is 2.21. The summed E-state index contributed by atoms with van der Waals surface area (Å²) in [6.45, 7) is 0. The fraction of sp³-hybridized carbons (Fsp3) is 0.143. The van der Waals surface area contributed by atoms with Crippen LogP contribution in [0.5, 0.6) is 0 Å². The molecule has 0 amide bonds. The SMILES string of the molecule is N#CC(C#N)=C1OC=CC1N=[N+]=[N-]. The molecule has 0 aliphatic carbocycles. The number of hydrogen-bond donors (Lipinski definition) is 0. The van der Waals surface area contributed by atoms with E-state index in [1.165, 1.54) is 12.3 Å². The maximum atomic E-state index is 8.50. The summed E-state index contributed by atoms with van der Waals surface area (Å²) in [6.07, 6.45) is 2.74. The second-order valence-electron chi connectivity index (χ2n) is 2.06. The number of ether oxygens (including phenoxy) is 1. The summed E-state index contributed by atoms with van der Waals surface area (Å²) in [6, 6.07) is 2.62. The van der Waals surface area contributed by atoms with Gasteiger partial charge in [0.15, 0.2) is 5.57 Å². The second kappa shape index (κ2) is 3.82. The van der Waals surface area contributed by atoms with Crippen LogP contribution < -0.4 is 0 Å². The Balaban J connectivity index is 3.09. The van der Waals surface area contributed by atoms with Gasteiger partial charge in [-0.05, 0) is 11.6 Å². The Labute approximate surface area is 73.6 Å². The number of azide groups is 1. The van der Waals surface area contributed by atoms with Crippen LogP contribution in [0.25, 0.3) is 10.4 Å². The summed E-state index contributed by atoms with van der Waals surface area (Å²) < 4.78 is 4.85. The summed E-state index contributed by atoms with van der Waals surface area (Å²) in [5.74, 6) is 0.0859. The average molecular weight is 173 g/mol. The van der Waals surface area contributed by atoms with Gasteiger partial charge in [-0.3, -0.25) is 0 Å². The standard InChI is InChI=1S/C7H3N5O/c8-3-5(4-9)7-6(11-12-10)1-2-13-7/h1-2,6H. The van der Waals surface area contributed by atoms with Gasteiger partial charge < -0.3 is 4.74 Å². The molecule has 0 aromatic rings. The molecule has 0 radical (unpaired) electrons. The molecule has 0 fully saturated rings. The highest BCUT2D eigenvalue weighted by atomic mass is 16.5. The molecule has 1 unspecified atom stereocenters. The van der Waals surface area contributed by atoms with Crippen molar-refractivity contribution in [1.29, 1.82) is 10.5 Å². The van der Waals surface area contributed by atoms with E-state index in [0.29, 0.717) is 0 Å². The van der Waals surface area contributed by atoms with Crippen molar-refractivity contribution in [2.24, 2.45) is 5.11 Å². The molecule has 0 bridgehead atoms. The summed E-state index contributed by atoms with van der Waals surface area (Å²) in [5, 5.41) is 20.3. The Morgan fingerprint density at radius 3 is 2.85 bits per heavy atom. The van der Waals surface area contributed by atoms with Crippen LogP contribution in [-0.2, 0) is 4.74 Å². The van der Waals surface area contributed by atoms with Gasteiger partial charge in [-0.1, -0.05) is 5.11 Å². The van der Waals surface area contributed by atoms with Crippen molar-refractivity contribution in [3.63, 3.8) is 0 Å². The molecule has 0 aromatic heterocycles. The lowest BCUT2D eigenvalue weighted by atomic mass is 10.2. The molecular weight excluding hydrogens is 170 g/mol. The van der Waals surface area contributed by atoms with E-state index in [2.05, 4.69) is 10.0 Å². The highest BCUT2D eigenvalue weighted by Gasteiger charge is 2.20. The van der Waals surface area contributed by atoms with Gasteiger partial charge in [-0.15, -0.1) is 0 Å². The van der Waals surface area contributed by atoms with Crippen molar-refractivity contribution >= 4 is 0 Å². The molecule has 0 saturated heterocycles. The first-order chi connectivity index (χ1) is 6.33. The van der Waals surface area contributed by atoms with Crippen LogP contribution in [0.3, 0.4) is 0 Å². The number of allylic oxidation sites excluding steroid dienone is 1. The molecule has 62 valence electrons. The molecule has 1 aliphatic heterocycles. The Kier molecular flexibility index (Phi) is 2.54. The summed E-state index contributed by atoms with van der Waals surface area (Å²) >= 11 is 0. The van der Waals surface area contributed by atoms with Crippen molar-refractivity contribution < 1.29 is 4.74 Å². The average Bonchev–Trinajstić information content (AvgIpc) is 2.57. The van der Waals surface area contributed by atoms with Crippen molar-refractivity contribution in [1.82, 2.24) is 0 Å². The van der Waals surface area contributed by atoms with Crippen molar-refractivity contribution in [2.75, 3.05) is 0 Å². The summed E-state index contributed by atoms with van der Waals surface area (Å²) in [5.41, 5.74) is 7.97. The van der Waals surface area contributed by atoms with E-state index in [9.17, 15) is 0 Å². The van der Waals surface area contributed by atoms with Crippen LogP contribution in [0.1, 0.15) is 0 Å². The highest BCUT2D eigenvalue weighted by molar-refractivity contribution is 5.42. The molecule has 0 spiro atoms. The van der Waals surface area contributed by atoms with Crippen LogP contribution in [0.15, 0.2) is 28.8 Å². The normalized spacial score (nSPS) is 18.0. The first kappa shape index (κ1) is 8.66. The molecule has 1 atom stereocenters. The molecule has 6 nitrogen and oxygen atoms in total. The number of nitriles is 2. The van der Waals surface area contributed by atoms with Crippen LogP contribution in [0.4, 0.5) is 0 Å². The van der Waals surface area contributed by atoms with E-state index in [4.69, 9.17) is 20.8 Å². The number of nitrogens with zero attached hydrogens (tertiary/aromatic N) is 5. The van der Waals surface area contributed by atoms with Gasteiger partial charge >= 0.3 is 0 Å². The van der Waals surface area contributed by atoms with Gasteiger partial charge in [-0.2, -0.15) is 10.5 Å². The maximum absolute atomic E-state index is 8.50. The van der Waals surface area contributed by atoms with Crippen molar-refractivity contribution in [3.05, 3.63) is 34.1 Å². The first-order valence-electron chi connectivity index (χ1n) is 3.25. The topological polar surface area (TPSA) is 106 Å². The molecule has 1 aliphatic rings. The van der Waals surface area contributed by atoms with Gasteiger partial charge in [0.25, 0.3) is 0 Å². The van der Waals surface area contributed by atoms with E-state index in [-0.39, 0.29) is 11.3 Å². The molecule has 13 heavy (non-hydrogen) atoms. The largest absolute Gasteiger partial charge is 0.467 e. The zero-order chi connectivity index (χ0) is 9.68. The van der Waals surface area contributed by atoms with E-state index in [1.54, 1.807) is 12.1 Å². The van der Waals surface area contributed by atoms with Gasteiger partial charge in [0.1, 0.15) is 23.9 Å². The van der Waals surface area contributed by atoms with Crippen molar-refractivity contribution in [3.8, 4) is 12.1 Å². The summed E-state index contributed by atoms with van der Waals surface area (Å²) in [7, 11) is 0.